The summed E-state index contributed by atoms with van der Waals surface area (Å²) >= 11 is 2.79. The second-order valence-corrected chi connectivity index (χ2v) is 9.21. The van der Waals surface area contributed by atoms with Gasteiger partial charge in [0.25, 0.3) is 5.56 Å². The Morgan fingerprint density at radius 2 is 2.09 bits per heavy atom. The first kappa shape index (κ1) is 20.7. The van der Waals surface area contributed by atoms with Crippen LogP contribution in [-0.2, 0) is 9.53 Å². The molecule has 32 heavy (non-hydrogen) atoms. The van der Waals surface area contributed by atoms with Gasteiger partial charge in [-0.05, 0) is 49.1 Å². The van der Waals surface area contributed by atoms with Crippen LogP contribution in [0.3, 0.4) is 0 Å². The standard InChI is InChI=1S/C23H20N2O5S2/c1-3-28-22(27)19-13(2)24-23-25(20(19)17-5-4-10-31-17)21(26)18(32-23)12-14-6-7-15-16(11-14)30-9-8-29-15/h4-7,10-12,20H,3,8-9H2,1-2H3/b18-12-/t20-/m0/s1. The number of fused-ring (bicyclic) bond motifs is 2. The minimum atomic E-state index is -0.562. The molecule has 0 spiro atoms. The first-order chi connectivity index (χ1) is 15.6. The number of carbonyl (C=O) groups excluding carboxylic acids is 1. The molecule has 4 heterocycles. The van der Waals surface area contributed by atoms with E-state index in [1.54, 1.807) is 18.4 Å². The van der Waals surface area contributed by atoms with Crippen molar-refractivity contribution in [2.24, 2.45) is 4.99 Å². The summed E-state index contributed by atoms with van der Waals surface area (Å²) in [6.07, 6.45) is 1.82. The fourth-order valence-electron chi connectivity index (χ4n) is 3.81. The van der Waals surface area contributed by atoms with Gasteiger partial charge in [-0.1, -0.05) is 23.5 Å². The van der Waals surface area contributed by atoms with Crippen LogP contribution in [0.4, 0.5) is 0 Å². The summed E-state index contributed by atoms with van der Waals surface area (Å²) in [7, 11) is 0. The topological polar surface area (TPSA) is 79.1 Å². The van der Waals surface area contributed by atoms with Crippen molar-refractivity contribution in [1.82, 2.24) is 4.57 Å². The van der Waals surface area contributed by atoms with Crippen molar-refractivity contribution < 1.29 is 19.0 Å². The molecular weight excluding hydrogens is 448 g/mol. The zero-order chi connectivity index (χ0) is 22.2. The van der Waals surface area contributed by atoms with Crippen molar-refractivity contribution in [3.8, 4) is 11.5 Å². The van der Waals surface area contributed by atoms with E-state index in [0.717, 1.165) is 10.4 Å². The van der Waals surface area contributed by atoms with Gasteiger partial charge in [0.15, 0.2) is 16.3 Å². The number of nitrogens with zero attached hydrogens (tertiary/aromatic N) is 2. The van der Waals surface area contributed by atoms with Crippen molar-refractivity contribution in [3.05, 3.63) is 77.1 Å². The van der Waals surface area contributed by atoms with E-state index in [1.807, 2.05) is 41.8 Å². The highest BCUT2D eigenvalue weighted by Crippen LogP contribution is 2.33. The minimum Gasteiger partial charge on any atom is -0.486 e. The van der Waals surface area contributed by atoms with E-state index in [0.29, 0.717) is 45.3 Å². The number of thiazole rings is 1. The molecule has 0 amide bonds. The Balaban J connectivity index is 1.66. The smallest absolute Gasteiger partial charge is 0.338 e. The lowest BCUT2D eigenvalue weighted by Gasteiger charge is -2.23. The molecule has 2 aromatic heterocycles. The van der Waals surface area contributed by atoms with Crippen molar-refractivity contribution >= 4 is 34.7 Å². The molecular formula is C23H20N2O5S2. The molecule has 0 aliphatic carbocycles. The molecule has 9 heteroatoms. The largest absolute Gasteiger partial charge is 0.486 e. The average molecular weight is 469 g/mol. The molecule has 7 nitrogen and oxygen atoms in total. The lowest BCUT2D eigenvalue weighted by Crippen LogP contribution is -2.39. The number of hydrogen-bond donors (Lipinski definition) is 0. The Kier molecular flexibility index (Phi) is 5.44. The number of carbonyl (C=O) groups is 1. The number of ether oxygens (including phenoxy) is 3. The maximum absolute atomic E-state index is 13.5. The summed E-state index contributed by atoms with van der Waals surface area (Å²) in [5.41, 5.74) is 1.59. The van der Waals surface area contributed by atoms with Gasteiger partial charge in [-0.15, -0.1) is 11.3 Å². The quantitative estimate of drug-likeness (QED) is 0.550. The Bertz CT molecular complexity index is 1400. The van der Waals surface area contributed by atoms with E-state index in [1.165, 1.54) is 22.7 Å². The van der Waals surface area contributed by atoms with E-state index < -0.39 is 12.0 Å². The van der Waals surface area contributed by atoms with E-state index in [-0.39, 0.29) is 12.2 Å². The van der Waals surface area contributed by atoms with Crippen LogP contribution >= 0.6 is 22.7 Å². The van der Waals surface area contributed by atoms with Crippen LogP contribution in [0, 0.1) is 0 Å². The van der Waals surface area contributed by atoms with Crippen LogP contribution in [0.2, 0.25) is 0 Å². The number of aromatic nitrogens is 1. The molecule has 1 atom stereocenters. The zero-order valence-corrected chi connectivity index (χ0v) is 19.1. The van der Waals surface area contributed by atoms with Gasteiger partial charge in [-0.25, -0.2) is 9.79 Å². The maximum Gasteiger partial charge on any atom is 0.338 e. The predicted octanol–water partition coefficient (Wildman–Crippen LogP) is 2.63. The molecule has 0 saturated carbocycles. The van der Waals surface area contributed by atoms with Crippen molar-refractivity contribution in [2.75, 3.05) is 19.8 Å². The average Bonchev–Trinajstić information content (AvgIpc) is 3.42. The second kappa shape index (κ2) is 8.40. The van der Waals surface area contributed by atoms with E-state index in [4.69, 9.17) is 14.2 Å². The lowest BCUT2D eigenvalue weighted by molar-refractivity contribution is -0.139. The summed E-state index contributed by atoms with van der Waals surface area (Å²) in [6, 6.07) is 8.85. The summed E-state index contributed by atoms with van der Waals surface area (Å²) in [6.45, 7) is 4.81. The molecule has 5 rings (SSSR count). The molecule has 0 N–H and O–H groups in total. The van der Waals surface area contributed by atoms with Gasteiger partial charge < -0.3 is 14.2 Å². The van der Waals surface area contributed by atoms with Crippen molar-refractivity contribution in [1.29, 1.82) is 0 Å². The molecule has 1 aromatic carbocycles. The van der Waals surface area contributed by atoms with Gasteiger partial charge in [0.1, 0.15) is 19.3 Å². The Morgan fingerprint density at radius 1 is 1.28 bits per heavy atom. The highest BCUT2D eigenvalue weighted by atomic mass is 32.1. The van der Waals surface area contributed by atoms with Crippen LogP contribution < -0.4 is 24.4 Å². The number of hydrogen-bond acceptors (Lipinski definition) is 8. The molecule has 3 aromatic rings. The fraction of sp³-hybridized carbons (Fsp3) is 0.261. The van der Waals surface area contributed by atoms with Gasteiger partial charge in [0.2, 0.25) is 0 Å². The molecule has 164 valence electrons. The third-order valence-corrected chi connectivity index (χ3v) is 7.10. The third kappa shape index (κ3) is 3.57. The Hall–Kier alpha value is -3.17. The summed E-state index contributed by atoms with van der Waals surface area (Å²) in [5, 5.41) is 1.93. The number of allylic oxidation sites excluding steroid dienone is 1. The molecule has 0 radical (unpaired) electrons. The van der Waals surface area contributed by atoms with Crippen LogP contribution in [0.5, 0.6) is 11.5 Å². The number of esters is 1. The number of rotatable bonds is 4. The summed E-state index contributed by atoms with van der Waals surface area (Å²) in [4.78, 5) is 32.3. The highest BCUT2D eigenvalue weighted by molar-refractivity contribution is 7.10. The zero-order valence-electron chi connectivity index (χ0n) is 17.5. The van der Waals surface area contributed by atoms with E-state index >= 15 is 0 Å². The third-order valence-electron chi connectivity index (χ3n) is 5.19. The molecule has 0 saturated heterocycles. The molecule has 0 unspecified atom stereocenters. The summed E-state index contributed by atoms with van der Waals surface area (Å²) in [5.74, 6) is 0.908. The van der Waals surface area contributed by atoms with Crippen LogP contribution in [0.25, 0.3) is 6.08 Å². The highest BCUT2D eigenvalue weighted by Gasteiger charge is 2.33. The number of benzene rings is 1. The van der Waals surface area contributed by atoms with Gasteiger partial charge in [0, 0.05) is 4.88 Å². The second-order valence-electron chi connectivity index (χ2n) is 7.22. The first-order valence-corrected chi connectivity index (χ1v) is 11.9. The van der Waals surface area contributed by atoms with Gasteiger partial charge >= 0.3 is 5.97 Å². The van der Waals surface area contributed by atoms with Crippen molar-refractivity contribution in [3.63, 3.8) is 0 Å². The molecule has 0 bridgehead atoms. The maximum atomic E-state index is 13.5. The predicted molar refractivity (Wildman–Crippen MR) is 122 cm³/mol. The summed E-state index contributed by atoms with van der Waals surface area (Å²) < 4.78 is 18.6. The van der Waals surface area contributed by atoms with E-state index in [2.05, 4.69) is 4.99 Å². The number of thiophene rings is 1. The normalized spacial score (nSPS) is 17.7. The van der Waals surface area contributed by atoms with Gasteiger partial charge in [-0.3, -0.25) is 9.36 Å². The Morgan fingerprint density at radius 3 is 2.84 bits per heavy atom. The van der Waals surface area contributed by atoms with Crippen LogP contribution in [0.1, 0.15) is 30.3 Å². The van der Waals surface area contributed by atoms with Gasteiger partial charge in [0.05, 0.1) is 22.4 Å². The van der Waals surface area contributed by atoms with Crippen LogP contribution in [-0.4, -0.2) is 30.4 Å². The van der Waals surface area contributed by atoms with Gasteiger partial charge in [-0.2, -0.15) is 0 Å². The lowest BCUT2D eigenvalue weighted by atomic mass is 10.0. The molecule has 2 aliphatic rings. The minimum absolute atomic E-state index is 0.198. The van der Waals surface area contributed by atoms with E-state index in [9.17, 15) is 9.59 Å². The van der Waals surface area contributed by atoms with Crippen molar-refractivity contribution in [2.45, 2.75) is 19.9 Å². The van der Waals surface area contributed by atoms with Crippen LogP contribution in [0.15, 0.2) is 56.8 Å². The Labute approximate surface area is 191 Å². The first-order valence-electron chi connectivity index (χ1n) is 10.2. The monoisotopic (exact) mass is 468 g/mol. The molecule has 2 aliphatic heterocycles. The fourth-order valence-corrected chi connectivity index (χ4v) is 5.68. The molecule has 0 fully saturated rings. The SMILES string of the molecule is CCOC(=O)C1=C(C)N=c2s/c(=C\c3ccc4c(c3)OCCO4)c(=O)n2[C@H]1c1cccs1.